The fraction of sp³-hybridized carbons (Fsp3) is 0.400. The van der Waals surface area contributed by atoms with E-state index in [-0.39, 0.29) is 12.2 Å². The minimum Gasteiger partial charge on any atom is -0.481 e. The average molecular weight is 212 g/mol. The lowest BCUT2D eigenvalue weighted by Gasteiger charge is -2.17. The summed E-state index contributed by atoms with van der Waals surface area (Å²) in [6.45, 7) is 0.588. The summed E-state index contributed by atoms with van der Waals surface area (Å²) >= 11 is 0. The highest BCUT2D eigenvalue weighted by atomic mass is 19.1. The van der Waals surface area contributed by atoms with Crippen LogP contribution in [0.15, 0.2) is 18.3 Å². The van der Waals surface area contributed by atoms with Gasteiger partial charge in [-0.15, -0.1) is 0 Å². The van der Waals surface area contributed by atoms with Gasteiger partial charge in [0.2, 0.25) is 0 Å². The van der Waals surface area contributed by atoms with Gasteiger partial charge in [0.05, 0.1) is 6.20 Å². The van der Waals surface area contributed by atoms with E-state index in [1.807, 2.05) is 0 Å². The summed E-state index contributed by atoms with van der Waals surface area (Å²) in [6.07, 6.45) is 1.82. The van der Waals surface area contributed by atoms with Crippen molar-refractivity contribution in [3.63, 3.8) is 0 Å². The van der Waals surface area contributed by atoms with E-state index < -0.39 is 5.97 Å². The van der Waals surface area contributed by atoms with Crippen LogP contribution in [0.25, 0.3) is 0 Å². The highest BCUT2D eigenvalue weighted by Crippen LogP contribution is 2.09. The summed E-state index contributed by atoms with van der Waals surface area (Å²) in [4.78, 5) is 16.0. The number of halogens is 1. The SMILES string of the molecule is CN(CCCC(=O)O)c1ccc(F)cn1. The van der Waals surface area contributed by atoms with Crippen molar-refractivity contribution in [1.82, 2.24) is 4.98 Å². The molecule has 0 spiro atoms. The van der Waals surface area contributed by atoms with Gasteiger partial charge >= 0.3 is 5.97 Å². The standard InChI is InChI=1S/C10H13FN2O2/c1-13(6-2-3-10(14)15)9-5-4-8(11)7-12-9/h4-5,7H,2-3,6H2,1H3,(H,14,15). The molecule has 4 nitrogen and oxygen atoms in total. The molecule has 0 bridgehead atoms. The molecule has 0 radical (unpaired) electrons. The van der Waals surface area contributed by atoms with Crippen molar-refractivity contribution in [3.05, 3.63) is 24.1 Å². The van der Waals surface area contributed by atoms with Crippen LogP contribution in [0.5, 0.6) is 0 Å². The van der Waals surface area contributed by atoms with Gasteiger partial charge in [-0.2, -0.15) is 0 Å². The summed E-state index contributed by atoms with van der Waals surface area (Å²) in [5.41, 5.74) is 0. The molecule has 0 unspecified atom stereocenters. The van der Waals surface area contributed by atoms with Gasteiger partial charge in [-0.1, -0.05) is 0 Å². The molecule has 0 aromatic carbocycles. The smallest absolute Gasteiger partial charge is 0.303 e. The average Bonchev–Trinajstić information content (AvgIpc) is 2.18. The molecule has 0 aliphatic rings. The summed E-state index contributed by atoms with van der Waals surface area (Å²) in [5.74, 6) is -0.546. The molecule has 0 amide bonds. The highest BCUT2D eigenvalue weighted by molar-refractivity contribution is 5.66. The molecule has 0 saturated carbocycles. The number of rotatable bonds is 5. The number of aromatic nitrogens is 1. The number of carbonyl (C=O) groups is 1. The summed E-state index contributed by atoms with van der Waals surface area (Å²) in [6, 6.07) is 2.89. The fourth-order valence-corrected chi connectivity index (χ4v) is 1.18. The lowest BCUT2D eigenvalue weighted by molar-refractivity contribution is -0.137. The number of carboxylic acid groups (broad SMARTS) is 1. The zero-order chi connectivity index (χ0) is 11.3. The molecule has 15 heavy (non-hydrogen) atoms. The van der Waals surface area contributed by atoms with Crippen LogP contribution < -0.4 is 4.90 Å². The number of pyridine rings is 1. The number of aliphatic carboxylic acids is 1. The molecule has 0 fully saturated rings. The van der Waals surface area contributed by atoms with Gasteiger partial charge in [0.1, 0.15) is 11.6 Å². The quantitative estimate of drug-likeness (QED) is 0.804. The molecule has 5 heteroatoms. The van der Waals surface area contributed by atoms with Gasteiger partial charge in [0, 0.05) is 20.0 Å². The molecular formula is C10H13FN2O2. The van der Waals surface area contributed by atoms with Gasteiger partial charge in [-0.3, -0.25) is 4.79 Å². The molecule has 0 atom stereocenters. The lowest BCUT2D eigenvalue weighted by Crippen LogP contribution is -2.20. The van der Waals surface area contributed by atoms with Crippen LogP contribution >= 0.6 is 0 Å². The predicted molar refractivity (Wildman–Crippen MR) is 54.3 cm³/mol. The van der Waals surface area contributed by atoms with Crippen LogP contribution in [0, 0.1) is 5.82 Å². The number of carboxylic acids is 1. The van der Waals surface area contributed by atoms with Gasteiger partial charge in [-0.25, -0.2) is 9.37 Å². The maximum absolute atomic E-state index is 12.5. The molecule has 82 valence electrons. The third kappa shape index (κ3) is 3.93. The van der Waals surface area contributed by atoms with E-state index >= 15 is 0 Å². The van der Waals surface area contributed by atoms with Gasteiger partial charge in [0.15, 0.2) is 0 Å². The van der Waals surface area contributed by atoms with E-state index in [9.17, 15) is 9.18 Å². The van der Waals surface area contributed by atoms with E-state index in [0.717, 1.165) is 6.20 Å². The Morgan fingerprint density at radius 3 is 2.87 bits per heavy atom. The van der Waals surface area contributed by atoms with Gasteiger partial charge in [-0.05, 0) is 18.6 Å². The Hall–Kier alpha value is -1.65. The predicted octanol–water partition coefficient (Wildman–Crippen LogP) is 1.52. The zero-order valence-corrected chi connectivity index (χ0v) is 8.48. The molecular weight excluding hydrogens is 199 g/mol. The Kier molecular flexibility index (Phi) is 4.03. The number of anilines is 1. The van der Waals surface area contributed by atoms with Crippen LogP contribution in [0.4, 0.5) is 10.2 Å². The molecule has 0 aliphatic heterocycles. The van der Waals surface area contributed by atoms with E-state index in [0.29, 0.717) is 18.8 Å². The van der Waals surface area contributed by atoms with E-state index in [1.54, 1.807) is 18.0 Å². The van der Waals surface area contributed by atoms with Crippen LogP contribution in [0.2, 0.25) is 0 Å². The molecule has 1 aromatic heterocycles. The minimum atomic E-state index is -0.810. The second-order valence-electron chi connectivity index (χ2n) is 3.25. The van der Waals surface area contributed by atoms with Crippen molar-refractivity contribution in [3.8, 4) is 0 Å². The molecule has 0 aliphatic carbocycles. The summed E-state index contributed by atoms with van der Waals surface area (Å²) in [7, 11) is 1.79. The van der Waals surface area contributed by atoms with Crippen molar-refractivity contribution in [2.75, 3.05) is 18.5 Å². The second kappa shape index (κ2) is 5.29. The first-order valence-corrected chi connectivity index (χ1v) is 4.64. The minimum absolute atomic E-state index is 0.130. The Balaban J connectivity index is 2.43. The molecule has 1 N–H and O–H groups in total. The van der Waals surface area contributed by atoms with Crippen molar-refractivity contribution in [2.24, 2.45) is 0 Å². The Labute approximate surface area is 87.4 Å². The van der Waals surface area contributed by atoms with Crippen LogP contribution in [0.1, 0.15) is 12.8 Å². The largest absolute Gasteiger partial charge is 0.481 e. The topological polar surface area (TPSA) is 53.4 Å². The van der Waals surface area contributed by atoms with Crippen LogP contribution in [0.3, 0.4) is 0 Å². The number of nitrogens with zero attached hydrogens (tertiary/aromatic N) is 2. The van der Waals surface area contributed by atoms with Gasteiger partial charge in [0.25, 0.3) is 0 Å². The summed E-state index contributed by atoms with van der Waals surface area (Å²) in [5, 5.41) is 8.45. The number of hydrogen-bond donors (Lipinski definition) is 1. The maximum Gasteiger partial charge on any atom is 0.303 e. The number of hydrogen-bond acceptors (Lipinski definition) is 3. The van der Waals surface area contributed by atoms with Crippen LogP contribution in [-0.4, -0.2) is 29.7 Å². The Morgan fingerprint density at radius 1 is 1.60 bits per heavy atom. The first-order chi connectivity index (χ1) is 7.09. The van der Waals surface area contributed by atoms with Crippen molar-refractivity contribution in [1.29, 1.82) is 0 Å². The maximum atomic E-state index is 12.5. The monoisotopic (exact) mass is 212 g/mol. The van der Waals surface area contributed by atoms with Crippen molar-refractivity contribution >= 4 is 11.8 Å². The van der Waals surface area contributed by atoms with Crippen molar-refractivity contribution in [2.45, 2.75) is 12.8 Å². The highest BCUT2D eigenvalue weighted by Gasteiger charge is 2.03. The summed E-state index contributed by atoms with van der Waals surface area (Å²) < 4.78 is 12.5. The van der Waals surface area contributed by atoms with Crippen LogP contribution in [-0.2, 0) is 4.79 Å². The third-order valence-corrected chi connectivity index (χ3v) is 1.99. The fourth-order valence-electron chi connectivity index (χ4n) is 1.18. The molecule has 1 rings (SSSR count). The van der Waals surface area contributed by atoms with E-state index in [2.05, 4.69) is 4.98 Å². The molecule has 1 aromatic rings. The second-order valence-corrected chi connectivity index (χ2v) is 3.25. The normalized spacial score (nSPS) is 10.0. The molecule has 1 heterocycles. The third-order valence-electron chi connectivity index (χ3n) is 1.99. The van der Waals surface area contributed by atoms with Gasteiger partial charge < -0.3 is 10.0 Å². The first kappa shape index (κ1) is 11.4. The van der Waals surface area contributed by atoms with E-state index in [1.165, 1.54) is 6.07 Å². The first-order valence-electron chi connectivity index (χ1n) is 4.64. The molecule has 0 saturated heterocycles. The van der Waals surface area contributed by atoms with E-state index in [4.69, 9.17) is 5.11 Å². The Bertz CT molecular complexity index is 327. The van der Waals surface area contributed by atoms with Crippen molar-refractivity contribution < 1.29 is 14.3 Å². The lowest BCUT2D eigenvalue weighted by atomic mass is 10.3. The zero-order valence-electron chi connectivity index (χ0n) is 8.48. The Morgan fingerprint density at radius 2 is 2.33 bits per heavy atom.